The zero-order chi connectivity index (χ0) is 16.4. The number of nitrogens with zero attached hydrogens (tertiary/aromatic N) is 1. The number of fused-ring (bicyclic) bond motifs is 3. The number of ether oxygens (including phenoxy) is 1. The number of carboxylic acid groups (broad SMARTS) is 1. The second kappa shape index (κ2) is 4.03. The molecule has 116 valence electrons. The fourth-order valence-corrected chi connectivity index (χ4v) is 2.94. The highest BCUT2D eigenvalue weighted by molar-refractivity contribution is 6.06. The molecule has 3 heterocycles. The zero-order valence-corrected chi connectivity index (χ0v) is 11.3. The molecule has 0 aliphatic carbocycles. The van der Waals surface area contributed by atoms with Crippen molar-refractivity contribution in [2.75, 3.05) is 5.32 Å². The molecule has 2 aliphatic rings. The van der Waals surface area contributed by atoms with E-state index in [9.17, 15) is 9.59 Å². The third kappa shape index (κ3) is 1.47. The van der Waals surface area contributed by atoms with Crippen LogP contribution in [0.25, 0.3) is 0 Å². The van der Waals surface area contributed by atoms with Crippen LogP contribution >= 0.6 is 0 Å². The van der Waals surface area contributed by atoms with Gasteiger partial charge in [0.2, 0.25) is 0 Å². The Morgan fingerprint density at radius 3 is 2.78 bits per heavy atom. The van der Waals surface area contributed by atoms with Gasteiger partial charge in [0.05, 0.1) is 16.7 Å². The molecule has 4 rings (SSSR count). The molecule has 0 saturated heterocycles. The van der Waals surface area contributed by atoms with Crippen LogP contribution in [0.3, 0.4) is 0 Å². The minimum atomic E-state index is -3.74. The highest BCUT2D eigenvalue weighted by Gasteiger charge is 2.72. The van der Waals surface area contributed by atoms with E-state index in [1.54, 1.807) is 0 Å². The van der Waals surface area contributed by atoms with Crippen LogP contribution in [-0.2, 0) is 16.3 Å². The van der Waals surface area contributed by atoms with E-state index in [-0.39, 0.29) is 22.7 Å². The van der Waals surface area contributed by atoms with E-state index in [2.05, 4.69) is 10.3 Å². The first-order valence-electron chi connectivity index (χ1n) is 6.59. The Hall–Kier alpha value is -3.03. The molecular weight excluding hydrogens is 310 g/mol. The number of benzene rings is 1. The normalized spacial score (nSPS) is 23.1. The summed E-state index contributed by atoms with van der Waals surface area (Å²) in [4.78, 5) is 27.2. The van der Waals surface area contributed by atoms with Gasteiger partial charge in [0.15, 0.2) is 0 Å². The van der Waals surface area contributed by atoms with Gasteiger partial charge in [-0.05, 0) is 30.3 Å². The van der Waals surface area contributed by atoms with Gasteiger partial charge in [-0.25, -0.2) is 9.78 Å². The largest absolute Gasteiger partial charge is 0.478 e. The highest BCUT2D eigenvalue weighted by atomic mass is 19.3. The number of carbonyl (C=O) groups is 2. The molecule has 6 nitrogen and oxygen atoms in total. The number of aromatic carboxylic acids is 1. The van der Waals surface area contributed by atoms with Gasteiger partial charge in [0.1, 0.15) is 11.6 Å². The van der Waals surface area contributed by atoms with Crippen molar-refractivity contribution in [3.05, 3.63) is 53.2 Å². The molecular formula is C15H8F2N2O4. The minimum Gasteiger partial charge on any atom is -0.478 e. The molecule has 1 aromatic heterocycles. The second-order valence-electron chi connectivity index (χ2n) is 5.23. The van der Waals surface area contributed by atoms with E-state index in [1.807, 2.05) is 0 Å². The minimum absolute atomic E-state index is 0.00318. The van der Waals surface area contributed by atoms with Crippen molar-refractivity contribution in [1.82, 2.24) is 4.98 Å². The number of alkyl halides is 2. The number of pyridine rings is 1. The SMILES string of the molecule is O=C(O)c1ccc2c(c1)C(F)(F)C1(O2)C(=O)Nc2ncccc21. The first-order valence-corrected chi connectivity index (χ1v) is 6.59. The fraction of sp³-hybridized carbons (Fsp3) is 0.133. The fourth-order valence-electron chi connectivity index (χ4n) is 2.94. The van der Waals surface area contributed by atoms with Gasteiger partial charge in [-0.15, -0.1) is 0 Å². The quantitative estimate of drug-likeness (QED) is 0.841. The van der Waals surface area contributed by atoms with Crippen molar-refractivity contribution < 1.29 is 28.2 Å². The maximum absolute atomic E-state index is 15.1. The zero-order valence-electron chi connectivity index (χ0n) is 11.3. The topological polar surface area (TPSA) is 88.5 Å². The molecule has 23 heavy (non-hydrogen) atoms. The van der Waals surface area contributed by atoms with Crippen molar-refractivity contribution in [3.63, 3.8) is 0 Å². The molecule has 1 unspecified atom stereocenters. The first kappa shape index (κ1) is 13.6. The number of carbonyl (C=O) groups excluding carboxylic acids is 1. The molecule has 2 aromatic rings. The van der Waals surface area contributed by atoms with Gasteiger partial charge in [-0.3, -0.25) is 4.79 Å². The Labute approximate surface area is 127 Å². The van der Waals surface area contributed by atoms with Crippen molar-refractivity contribution in [1.29, 1.82) is 0 Å². The van der Waals surface area contributed by atoms with Gasteiger partial charge >= 0.3 is 11.9 Å². The van der Waals surface area contributed by atoms with Crippen molar-refractivity contribution >= 4 is 17.7 Å². The molecule has 1 aromatic carbocycles. The van der Waals surface area contributed by atoms with Crippen LogP contribution in [0.2, 0.25) is 0 Å². The molecule has 1 spiro atoms. The Morgan fingerprint density at radius 2 is 2.04 bits per heavy atom. The Kier molecular flexibility index (Phi) is 2.39. The van der Waals surface area contributed by atoms with Crippen molar-refractivity contribution in [2.24, 2.45) is 0 Å². The van der Waals surface area contributed by atoms with Crippen LogP contribution in [0, 0.1) is 0 Å². The number of rotatable bonds is 1. The third-order valence-electron chi connectivity index (χ3n) is 4.01. The van der Waals surface area contributed by atoms with Gasteiger partial charge in [-0.2, -0.15) is 8.78 Å². The molecule has 8 heteroatoms. The lowest BCUT2D eigenvalue weighted by Gasteiger charge is -2.27. The Bertz CT molecular complexity index is 884. The lowest BCUT2D eigenvalue weighted by atomic mass is 9.87. The maximum atomic E-state index is 15.1. The smallest absolute Gasteiger partial charge is 0.335 e. The molecule has 1 atom stereocenters. The number of aromatic nitrogens is 1. The number of halogens is 2. The van der Waals surface area contributed by atoms with Gasteiger partial charge in [-0.1, -0.05) is 0 Å². The third-order valence-corrected chi connectivity index (χ3v) is 4.01. The molecule has 0 bridgehead atoms. The highest BCUT2D eigenvalue weighted by Crippen LogP contribution is 2.59. The number of anilines is 1. The lowest BCUT2D eigenvalue weighted by molar-refractivity contribution is -0.169. The number of amides is 1. The summed E-state index contributed by atoms with van der Waals surface area (Å²) >= 11 is 0. The van der Waals surface area contributed by atoms with Crippen LogP contribution in [0.1, 0.15) is 21.5 Å². The van der Waals surface area contributed by atoms with E-state index in [1.165, 1.54) is 18.3 Å². The van der Waals surface area contributed by atoms with E-state index in [4.69, 9.17) is 9.84 Å². The van der Waals surface area contributed by atoms with Crippen LogP contribution in [0.4, 0.5) is 14.6 Å². The van der Waals surface area contributed by atoms with Crippen molar-refractivity contribution in [2.45, 2.75) is 11.5 Å². The van der Waals surface area contributed by atoms with E-state index < -0.39 is 29.0 Å². The van der Waals surface area contributed by atoms with E-state index in [0.29, 0.717) is 0 Å². The predicted octanol–water partition coefficient (Wildman–Crippen LogP) is 2.11. The molecule has 2 aliphatic heterocycles. The van der Waals surface area contributed by atoms with Crippen LogP contribution in [-0.4, -0.2) is 22.0 Å². The van der Waals surface area contributed by atoms with Crippen LogP contribution in [0.5, 0.6) is 5.75 Å². The maximum Gasteiger partial charge on any atom is 0.335 e. The molecule has 0 fully saturated rings. The molecule has 1 amide bonds. The standard InChI is InChI=1S/C15H8F2N2O4/c16-15(17)9-6-7(12(20)21)3-4-10(9)23-14(15)8-2-1-5-18-11(8)19-13(14)22/h1-6H,(H,20,21)(H,18,19,22). The number of hydrogen-bond acceptors (Lipinski definition) is 4. The number of hydrogen-bond donors (Lipinski definition) is 2. The summed E-state index contributed by atoms with van der Waals surface area (Å²) < 4.78 is 35.5. The lowest BCUT2D eigenvalue weighted by Crippen LogP contribution is -2.49. The molecule has 0 radical (unpaired) electrons. The summed E-state index contributed by atoms with van der Waals surface area (Å²) in [6.45, 7) is 0. The Balaban J connectivity index is 1.97. The average Bonchev–Trinajstić information content (AvgIpc) is 2.93. The van der Waals surface area contributed by atoms with Crippen LogP contribution in [0.15, 0.2) is 36.5 Å². The average molecular weight is 318 g/mol. The molecule has 0 saturated carbocycles. The van der Waals surface area contributed by atoms with Gasteiger partial charge in [0.25, 0.3) is 11.5 Å². The summed E-state index contributed by atoms with van der Waals surface area (Å²) in [5, 5.41) is 11.3. The monoisotopic (exact) mass is 318 g/mol. The summed E-state index contributed by atoms with van der Waals surface area (Å²) in [6, 6.07) is 5.86. The van der Waals surface area contributed by atoms with Crippen LogP contribution < -0.4 is 10.1 Å². The predicted molar refractivity (Wildman–Crippen MR) is 72.5 cm³/mol. The summed E-state index contributed by atoms with van der Waals surface area (Å²) in [7, 11) is 0. The summed E-state index contributed by atoms with van der Waals surface area (Å²) in [6.07, 6.45) is 1.36. The second-order valence-corrected chi connectivity index (χ2v) is 5.23. The Morgan fingerprint density at radius 1 is 1.26 bits per heavy atom. The summed E-state index contributed by atoms with van der Waals surface area (Å²) in [5.41, 5.74) is -3.60. The number of nitrogens with one attached hydrogen (secondary N) is 1. The number of carboxylic acids is 1. The van der Waals surface area contributed by atoms with E-state index >= 15 is 8.78 Å². The molecule has 2 N–H and O–H groups in total. The summed E-state index contributed by atoms with van der Waals surface area (Å²) in [5.74, 6) is -6.35. The first-order chi connectivity index (χ1) is 10.9. The van der Waals surface area contributed by atoms with Crippen molar-refractivity contribution in [3.8, 4) is 5.75 Å². The van der Waals surface area contributed by atoms with E-state index in [0.717, 1.165) is 18.2 Å². The van der Waals surface area contributed by atoms with Gasteiger partial charge < -0.3 is 15.2 Å². The van der Waals surface area contributed by atoms with Gasteiger partial charge in [0, 0.05) is 6.20 Å².